The monoisotopic (exact) mass is 320 g/mol. The zero-order valence-electron chi connectivity index (χ0n) is 12.4. The van der Waals surface area contributed by atoms with Crippen molar-refractivity contribution in [3.63, 3.8) is 0 Å². The van der Waals surface area contributed by atoms with Gasteiger partial charge in [-0.1, -0.05) is 37.4 Å². The summed E-state index contributed by atoms with van der Waals surface area (Å²) < 4.78 is 13.8. The van der Waals surface area contributed by atoms with Crippen LogP contribution in [-0.2, 0) is 4.79 Å². The lowest BCUT2D eigenvalue weighted by Crippen LogP contribution is -2.41. The Morgan fingerprint density at radius 3 is 2.82 bits per heavy atom. The summed E-state index contributed by atoms with van der Waals surface area (Å²) in [5.74, 6) is -0.644. The molecule has 1 aliphatic carbocycles. The van der Waals surface area contributed by atoms with Crippen LogP contribution in [0, 0.1) is 23.1 Å². The smallest absolute Gasteiger partial charge is 0.262 e. The van der Waals surface area contributed by atoms with Gasteiger partial charge in [-0.05, 0) is 37.0 Å². The highest BCUT2D eigenvalue weighted by Gasteiger charge is 2.24. The fourth-order valence-electron chi connectivity index (χ4n) is 2.72. The Bertz CT molecular complexity index is 616. The largest absolute Gasteiger partial charge is 0.348 e. The number of carbonyl (C=O) groups excluding carboxylic acids is 1. The van der Waals surface area contributed by atoms with Crippen LogP contribution in [0.4, 0.5) is 4.39 Å². The summed E-state index contributed by atoms with van der Waals surface area (Å²) in [5.41, 5.74) is -0.0719. The number of amides is 1. The molecule has 2 atom stereocenters. The Kier molecular flexibility index (Phi) is 5.57. The van der Waals surface area contributed by atoms with E-state index in [1.54, 1.807) is 0 Å². The van der Waals surface area contributed by atoms with Crippen LogP contribution in [0.2, 0.25) is 5.02 Å². The van der Waals surface area contributed by atoms with Crippen molar-refractivity contribution in [1.82, 2.24) is 5.32 Å². The Morgan fingerprint density at radius 2 is 2.18 bits per heavy atom. The van der Waals surface area contributed by atoms with Crippen molar-refractivity contribution in [1.29, 1.82) is 5.26 Å². The first-order chi connectivity index (χ1) is 10.5. The highest BCUT2D eigenvalue weighted by Crippen LogP contribution is 2.25. The Labute approximate surface area is 134 Å². The molecule has 5 heteroatoms. The molecule has 0 radical (unpaired) electrons. The van der Waals surface area contributed by atoms with Crippen molar-refractivity contribution in [3.05, 3.63) is 40.2 Å². The predicted octanol–water partition coefficient (Wildman–Crippen LogP) is 4.08. The molecule has 2 rings (SSSR count). The normalized spacial score (nSPS) is 22.0. The van der Waals surface area contributed by atoms with Crippen molar-refractivity contribution in [2.24, 2.45) is 5.92 Å². The van der Waals surface area contributed by atoms with E-state index in [1.807, 2.05) is 6.07 Å². The maximum Gasteiger partial charge on any atom is 0.262 e. The summed E-state index contributed by atoms with van der Waals surface area (Å²) in [5, 5.41) is 12.2. The molecule has 1 fully saturated rings. The van der Waals surface area contributed by atoms with E-state index in [2.05, 4.69) is 12.2 Å². The summed E-state index contributed by atoms with van der Waals surface area (Å²) >= 11 is 5.92. The summed E-state index contributed by atoms with van der Waals surface area (Å²) in [6.07, 6.45) is 5.42. The van der Waals surface area contributed by atoms with Gasteiger partial charge in [0.1, 0.15) is 17.5 Å². The molecule has 1 amide bonds. The molecule has 0 heterocycles. The Hall–Kier alpha value is -1.86. The lowest BCUT2D eigenvalue weighted by atomic mass is 9.86. The maximum atomic E-state index is 13.8. The van der Waals surface area contributed by atoms with E-state index in [9.17, 15) is 14.4 Å². The van der Waals surface area contributed by atoms with Gasteiger partial charge in [-0.15, -0.1) is 0 Å². The molecule has 1 aromatic rings. The highest BCUT2D eigenvalue weighted by atomic mass is 35.5. The molecule has 1 saturated carbocycles. The number of rotatable bonds is 3. The van der Waals surface area contributed by atoms with Crippen LogP contribution >= 0.6 is 11.6 Å². The molecule has 0 aromatic heterocycles. The fraction of sp³-hybridized carbons (Fsp3) is 0.412. The Morgan fingerprint density at radius 1 is 1.45 bits per heavy atom. The topological polar surface area (TPSA) is 52.9 Å². The molecule has 0 aliphatic heterocycles. The zero-order chi connectivity index (χ0) is 16.1. The van der Waals surface area contributed by atoms with Crippen LogP contribution < -0.4 is 5.32 Å². The molecule has 0 spiro atoms. The van der Waals surface area contributed by atoms with Crippen molar-refractivity contribution < 1.29 is 9.18 Å². The van der Waals surface area contributed by atoms with Gasteiger partial charge in [0.05, 0.1) is 5.02 Å². The summed E-state index contributed by atoms with van der Waals surface area (Å²) in [6, 6.07) is 6.14. The van der Waals surface area contributed by atoms with Crippen molar-refractivity contribution >= 4 is 23.6 Å². The number of halogens is 2. The van der Waals surface area contributed by atoms with Gasteiger partial charge in [0.15, 0.2) is 0 Å². The van der Waals surface area contributed by atoms with E-state index in [0.717, 1.165) is 19.3 Å². The van der Waals surface area contributed by atoms with Crippen molar-refractivity contribution in [2.45, 2.75) is 38.6 Å². The Balaban J connectivity index is 2.19. The first-order valence-electron chi connectivity index (χ1n) is 7.39. The van der Waals surface area contributed by atoms with Gasteiger partial charge in [0.25, 0.3) is 5.91 Å². The molecule has 1 N–H and O–H groups in total. The van der Waals surface area contributed by atoms with E-state index < -0.39 is 11.7 Å². The second kappa shape index (κ2) is 7.42. The van der Waals surface area contributed by atoms with E-state index in [0.29, 0.717) is 5.92 Å². The molecule has 22 heavy (non-hydrogen) atoms. The van der Waals surface area contributed by atoms with Gasteiger partial charge in [0, 0.05) is 11.6 Å². The minimum Gasteiger partial charge on any atom is -0.348 e. The lowest BCUT2D eigenvalue weighted by molar-refractivity contribution is -0.118. The second-order valence-electron chi connectivity index (χ2n) is 5.65. The van der Waals surface area contributed by atoms with Crippen LogP contribution in [0.15, 0.2) is 23.8 Å². The summed E-state index contributed by atoms with van der Waals surface area (Å²) in [6.45, 7) is 2.09. The molecular weight excluding hydrogens is 303 g/mol. The number of nitriles is 1. The minimum absolute atomic E-state index is 0.0626. The third-order valence-corrected chi connectivity index (χ3v) is 4.41. The quantitative estimate of drug-likeness (QED) is 0.674. The second-order valence-corrected chi connectivity index (χ2v) is 6.05. The van der Waals surface area contributed by atoms with Gasteiger partial charge in [0.2, 0.25) is 0 Å². The van der Waals surface area contributed by atoms with Crippen molar-refractivity contribution in [3.8, 4) is 6.07 Å². The van der Waals surface area contributed by atoms with Gasteiger partial charge in [-0.3, -0.25) is 4.79 Å². The fourth-order valence-corrected chi connectivity index (χ4v) is 2.94. The first kappa shape index (κ1) is 16.5. The van der Waals surface area contributed by atoms with Gasteiger partial charge in [-0.25, -0.2) is 4.39 Å². The molecule has 116 valence electrons. The third kappa shape index (κ3) is 3.86. The summed E-state index contributed by atoms with van der Waals surface area (Å²) in [7, 11) is 0. The number of benzene rings is 1. The average molecular weight is 321 g/mol. The van der Waals surface area contributed by atoms with Crippen LogP contribution in [0.3, 0.4) is 0 Å². The minimum atomic E-state index is -0.556. The standard InChI is InChI=1S/C17H18ClFN2O/c1-11-5-2-3-8-16(11)21-17(22)12(10-20)9-13-14(18)6-4-7-15(13)19/h4,6-7,9,11,16H,2-3,5,8H2,1H3,(H,21,22)/b12-9+/t11-,16+/m0/s1. The lowest BCUT2D eigenvalue weighted by Gasteiger charge is -2.29. The van der Waals surface area contributed by atoms with Crippen LogP contribution in [0.5, 0.6) is 0 Å². The number of nitrogens with zero attached hydrogens (tertiary/aromatic N) is 1. The molecule has 0 bridgehead atoms. The predicted molar refractivity (Wildman–Crippen MR) is 84.6 cm³/mol. The van der Waals surface area contributed by atoms with Gasteiger partial charge < -0.3 is 5.32 Å². The van der Waals surface area contributed by atoms with Gasteiger partial charge >= 0.3 is 0 Å². The number of carbonyl (C=O) groups is 1. The van der Waals surface area contributed by atoms with E-state index >= 15 is 0 Å². The van der Waals surface area contributed by atoms with Crippen LogP contribution in [-0.4, -0.2) is 11.9 Å². The molecular formula is C17H18ClFN2O. The molecule has 1 aromatic carbocycles. The molecule has 3 nitrogen and oxygen atoms in total. The van der Waals surface area contributed by atoms with E-state index in [4.69, 9.17) is 11.6 Å². The highest BCUT2D eigenvalue weighted by molar-refractivity contribution is 6.32. The van der Waals surface area contributed by atoms with E-state index in [-0.39, 0.29) is 22.2 Å². The third-order valence-electron chi connectivity index (χ3n) is 4.08. The first-order valence-corrected chi connectivity index (χ1v) is 7.77. The number of hydrogen-bond donors (Lipinski definition) is 1. The van der Waals surface area contributed by atoms with Crippen LogP contribution in [0.1, 0.15) is 38.2 Å². The molecule has 0 saturated heterocycles. The molecule has 1 aliphatic rings. The molecule has 0 unspecified atom stereocenters. The number of nitrogens with one attached hydrogen (secondary N) is 1. The van der Waals surface area contributed by atoms with Crippen molar-refractivity contribution in [2.75, 3.05) is 0 Å². The maximum absolute atomic E-state index is 13.8. The average Bonchev–Trinajstić information content (AvgIpc) is 2.49. The SMILES string of the molecule is C[C@H]1CCCC[C@H]1NC(=O)/C(C#N)=C/c1c(F)cccc1Cl. The van der Waals surface area contributed by atoms with Gasteiger partial charge in [-0.2, -0.15) is 5.26 Å². The summed E-state index contributed by atoms with van der Waals surface area (Å²) in [4.78, 5) is 12.2. The van der Waals surface area contributed by atoms with E-state index in [1.165, 1.54) is 30.7 Å². The zero-order valence-corrected chi connectivity index (χ0v) is 13.2. The number of hydrogen-bond acceptors (Lipinski definition) is 2. The van der Waals surface area contributed by atoms with Crippen LogP contribution in [0.25, 0.3) is 6.08 Å².